The Bertz CT molecular complexity index is 966. The van der Waals surface area contributed by atoms with Gasteiger partial charge < -0.3 is 30.4 Å². The molecule has 1 aromatic heterocycles. The third-order valence-electron chi connectivity index (χ3n) is 3.69. The van der Waals surface area contributed by atoms with Crippen molar-refractivity contribution in [2.24, 2.45) is 4.99 Å². The maximum absolute atomic E-state index is 10.2. The Morgan fingerprint density at radius 1 is 1.27 bits per heavy atom. The van der Waals surface area contributed by atoms with Gasteiger partial charge in [0.25, 0.3) is 6.01 Å². The average molecular weight is 354 g/mol. The number of ether oxygens (including phenoxy) is 1. The first kappa shape index (κ1) is 17.2. The number of aromatic hydroxyl groups is 2. The van der Waals surface area contributed by atoms with Gasteiger partial charge in [-0.15, -0.1) is 0 Å². The molecule has 0 unspecified atom stereocenters. The zero-order valence-corrected chi connectivity index (χ0v) is 14.2. The molecule has 0 aliphatic heterocycles. The number of rotatable bonds is 5. The van der Waals surface area contributed by atoms with E-state index in [1.807, 2.05) is 6.07 Å². The lowest BCUT2D eigenvalue weighted by Crippen LogP contribution is -1.96. The molecule has 3 rings (SSSR count). The van der Waals surface area contributed by atoms with Gasteiger partial charge in [-0.25, -0.2) is 4.98 Å². The summed E-state index contributed by atoms with van der Waals surface area (Å²) in [6.45, 7) is 0. The number of aliphatic imine (C=N–C) groups is 1. The van der Waals surface area contributed by atoms with Crippen LogP contribution in [0.5, 0.6) is 17.2 Å². The number of phenols is 2. The van der Waals surface area contributed by atoms with Gasteiger partial charge in [-0.3, -0.25) is 4.99 Å². The van der Waals surface area contributed by atoms with E-state index < -0.39 is 0 Å². The van der Waals surface area contributed by atoms with Crippen LogP contribution in [0.15, 0.2) is 45.9 Å². The highest BCUT2D eigenvalue weighted by molar-refractivity contribution is 5.88. The fourth-order valence-electron chi connectivity index (χ4n) is 2.44. The second-order valence-electron chi connectivity index (χ2n) is 5.40. The number of benzene rings is 2. The standard InChI is InChI=1S/C18H18N4O4/c1-20-8-10-7-11(3-5-13(10)19)22-18-21-9-15(26-18)12-4-6-14(23)17(25-2)16(12)24/h3-9,23-24H,19H2,1-2H3,(H,21,22). The van der Waals surface area contributed by atoms with E-state index in [-0.39, 0.29) is 23.3 Å². The quantitative estimate of drug-likeness (QED) is 0.409. The van der Waals surface area contributed by atoms with Crippen molar-refractivity contribution in [3.05, 3.63) is 42.1 Å². The highest BCUT2D eigenvalue weighted by Gasteiger charge is 2.17. The molecule has 0 bridgehead atoms. The lowest BCUT2D eigenvalue weighted by molar-refractivity contribution is 0.345. The molecule has 0 saturated carbocycles. The normalized spacial score (nSPS) is 11.0. The number of oxazole rings is 1. The summed E-state index contributed by atoms with van der Waals surface area (Å²) in [7, 11) is 3.02. The van der Waals surface area contributed by atoms with E-state index in [2.05, 4.69) is 15.3 Å². The highest BCUT2D eigenvalue weighted by Crippen LogP contribution is 2.43. The van der Waals surface area contributed by atoms with E-state index in [0.29, 0.717) is 17.0 Å². The second kappa shape index (κ2) is 7.06. The number of nitrogens with one attached hydrogen (secondary N) is 1. The number of nitrogen functional groups attached to an aromatic ring is 1. The molecular formula is C18H18N4O4. The molecule has 8 heteroatoms. The minimum absolute atomic E-state index is 0.0320. The van der Waals surface area contributed by atoms with Crippen LogP contribution in [-0.4, -0.2) is 35.6 Å². The van der Waals surface area contributed by atoms with Crippen LogP contribution in [0, 0.1) is 0 Å². The van der Waals surface area contributed by atoms with Crippen LogP contribution in [0.25, 0.3) is 11.3 Å². The van der Waals surface area contributed by atoms with Crippen molar-refractivity contribution in [1.82, 2.24) is 4.98 Å². The van der Waals surface area contributed by atoms with E-state index in [1.165, 1.54) is 25.4 Å². The highest BCUT2D eigenvalue weighted by atomic mass is 16.5. The van der Waals surface area contributed by atoms with Gasteiger partial charge >= 0.3 is 0 Å². The number of anilines is 3. The Kier molecular flexibility index (Phi) is 4.66. The Balaban J connectivity index is 1.89. The van der Waals surface area contributed by atoms with Gasteiger partial charge in [0.15, 0.2) is 17.3 Å². The third-order valence-corrected chi connectivity index (χ3v) is 3.69. The maximum atomic E-state index is 10.2. The first-order valence-corrected chi connectivity index (χ1v) is 7.67. The van der Waals surface area contributed by atoms with Gasteiger partial charge in [0.2, 0.25) is 5.75 Å². The summed E-state index contributed by atoms with van der Waals surface area (Å²) >= 11 is 0. The number of hydrogen-bond donors (Lipinski definition) is 4. The maximum Gasteiger partial charge on any atom is 0.299 e. The van der Waals surface area contributed by atoms with Crippen molar-refractivity contribution < 1.29 is 19.4 Å². The van der Waals surface area contributed by atoms with Crippen LogP contribution in [0.4, 0.5) is 17.4 Å². The molecular weight excluding hydrogens is 336 g/mol. The molecule has 26 heavy (non-hydrogen) atoms. The molecule has 8 nitrogen and oxygen atoms in total. The zero-order chi connectivity index (χ0) is 18.7. The van der Waals surface area contributed by atoms with Crippen molar-refractivity contribution in [3.8, 4) is 28.6 Å². The molecule has 2 aromatic carbocycles. The molecule has 0 spiro atoms. The monoisotopic (exact) mass is 354 g/mol. The molecule has 134 valence electrons. The summed E-state index contributed by atoms with van der Waals surface area (Å²) in [6.07, 6.45) is 3.11. The number of phenolic OH excluding ortho intramolecular Hbond substituents is 2. The van der Waals surface area contributed by atoms with Crippen LogP contribution >= 0.6 is 0 Å². The van der Waals surface area contributed by atoms with Gasteiger partial charge in [-0.05, 0) is 30.3 Å². The van der Waals surface area contributed by atoms with Crippen molar-refractivity contribution >= 4 is 23.6 Å². The molecule has 0 radical (unpaired) electrons. The zero-order valence-electron chi connectivity index (χ0n) is 14.2. The van der Waals surface area contributed by atoms with Gasteiger partial charge in [0.1, 0.15) is 0 Å². The molecule has 0 aliphatic rings. The van der Waals surface area contributed by atoms with Crippen molar-refractivity contribution in [2.75, 3.05) is 25.2 Å². The fraction of sp³-hybridized carbons (Fsp3) is 0.111. The van der Waals surface area contributed by atoms with E-state index in [4.69, 9.17) is 14.9 Å². The predicted octanol–water partition coefficient (Wildman–Crippen LogP) is 3.14. The first-order valence-electron chi connectivity index (χ1n) is 7.67. The summed E-state index contributed by atoms with van der Waals surface area (Å²) < 4.78 is 10.6. The minimum Gasteiger partial charge on any atom is -0.504 e. The largest absolute Gasteiger partial charge is 0.504 e. The molecule has 3 aromatic rings. The third kappa shape index (κ3) is 3.25. The van der Waals surface area contributed by atoms with E-state index in [1.54, 1.807) is 25.4 Å². The number of aromatic nitrogens is 1. The smallest absolute Gasteiger partial charge is 0.299 e. The van der Waals surface area contributed by atoms with Crippen LogP contribution in [-0.2, 0) is 0 Å². The van der Waals surface area contributed by atoms with Gasteiger partial charge in [-0.2, -0.15) is 0 Å². The Hall–Kier alpha value is -3.68. The van der Waals surface area contributed by atoms with E-state index in [9.17, 15) is 10.2 Å². The molecule has 0 fully saturated rings. The second-order valence-corrected chi connectivity index (χ2v) is 5.40. The van der Waals surface area contributed by atoms with Crippen molar-refractivity contribution in [2.45, 2.75) is 0 Å². The first-order chi connectivity index (χ1) is 12.5. The van der Waals surface area contributed by atoms with Crippen LogP contribution < -0.4 is 15.8 Å². The Labute approximate surface area is 149 Å². The summed E-state index contributed by atoms with van der Waals surface area (Å²) in [6, 6.07) is 8.49. The van der Waals surface area contributed by atoms with Crippen molar-refractivity contribution in [1.29, 1.82) is 0 Å². The topological polar surface area (TPSA) is 126 Å². The number of methoxy groups -OCH3 is 1. The number of nitrogens with zero attached hydrogens (tertiary/aromatic N) is 2. The van der Waals surface area contributed by atoms with Gasteiger partial charge in [0.05, 0.1) is 18.9 Å². The number of nitrogens with two attached hydrogens (primary N) is 1. The lowest BCUT2D eigenvalue weighted by atomic mass is 10.1. The van der Waals surface area contributed by atoms with E-state index in [0.717, 1.165) is 11.3 Å². The van der Waals surface area contributed by atoms with Gasteiger partial charge in [0, 0.05) is 30.2 Å². The molecule has 0 saturated heterocycles. The van der Waals surface area contributed by atoms with Crippen LogP contribution in [0.3, 0.4) is 0 Å². The van der Waals surface area contributed by atoms with E-state index >= 15 is 0 Å². The number of hydrogen-bond acceptors (Lipinski definition) is 8. The Morgan fingerprint density at radius 2 is 2.08 bits per heavy atom. The summed E-state index contributed by atoms with van der Waals surface area (Å²) in [5, 5.41) is 22.9. The van der Waals surface area contributed by atoms with Crippen molar-refractivity contribution in [3.63, 3.8) is 0 Å². The molecule has 1 heterocycles. The molecule has 5 N–H and O–H groups in total. The van der Waals surface area contributed by atoms with Crippen LogP contribution in [0.1, 0.15) is 5.56 Å². The summed E-state index contributed by atoms with van der Waals surface area (Å²) in [4.78, 5) is 8.11. The summed E-state index contributed by atoms with van der Waals surface area (Å²) in [5.74, 6) is -0.118. The SMILES string of the molecule is CN=Cc1cc(Nc2ncc(-c3ccc(O)c(OC)c3O)o2)ccc1N. The van der Waals surface area contributed by atoms with Gasteiger partial charge in [-0.1, -0.05) is 0 Å². The fourth-order valence-corrected chi connectivity index (χ4v) is 2.44. The average Bonchev–Trinajstić information content (AvgIpc) is 3.07. The molecule has 0 amide bonds. The Morgan fingerprint density at radius 3 is 2.81 bits per heavy atom. The minimum atomic E-state index is -0.232. The van der Waals surface area contributed by atoms with Crippen LogP contribution in [0.2, 0.25) is 0 Å². The molecule has 0 atom stereocenters. The lowest BCUT2D eigenvalue weighted by Gasteiger charge is -2.08. The predicted molar refractivity (Wildman–Crippen MR) is 99.5 cm³/mol. The summed E-state index contributed by atoms with van der Waals surface area (Å²) in [5.41, 5.74) is 8.32. The molecule has 0 aliphatic carbocycles.